The predicted molar refractivity (Wildman–Crippen MR) is 331 cm³/mol. The van der Waals surface area contributed by atoms with E-state index in [1.165, 1.54) is 109 Å². The van der Waals surface area contributed by atoms with Crippen LogP contribution in [0.1, 0.15) is 69.6 Å². The minimum absolute atomic E-state index is 0.114. The Labute approximate surface area is 457 Å². The maximum absolute atomic E-state index is 7.20. The molecule has 15 rings (SSSR count). The first-order valence-electron chi connectivity index (χ1n) is 28.5. The molecule has 0 N–H and O–H groups in total. The van der Waals surface area contributed by atoms with Crippen molar-refractivity contribution in [2.45, 2.75) is 103 Å². The van der Waals surface area contributed by atoms with Gasteiger partial charge in [0.05, 0.1) is 38.6 Å². The van der Waals surface area contributed by atoms with Gasteiger partial charge in [0.1, 0.15) is 24.0 Å². The SMILES string of the molecule is CC(C)(C)c1cc(Oc2ccc3c4ccccc4n(-c4cc(C5(c6cccc7c6ccc6ccccc67)C6CC7CC(C6)CC5C7)ccn4)c3c2)cc(N2CN(c3c([Si](C)(C)C)cccc3[Si](C)(C)C)c3ccccc32)c1. The summed E-state index contributed by atoms with van der Waals surface area (Å²) in [6, 6.07) is 64.5. The number of rotatable bonds is 9. The van der Waals surface area contributed by atoms with Crippen molar-refractivity contribution in [3.63, 3.8) is 0 Å². The summed E-state index contributed by atoms with van der Waals surface area (Å²) in [6.07, 6.45) is 8.74. The number of benzene rings is 8. The van der Waals surface area contributed by atoms with Crippen molar-refractivity contribution in [3.05, 3.63) is 193 Å². The molecule has 77 heavy (non-hydrogen) atoms. The summed E-state index contributed by atoms with van der Waals surface area (Å²) < 4.78 is 9.62. The molecule has 7 heteroatoms. The Morgan fingerprint density at radius 2 is 1.14 bits per heavy atom. The van der Waals surface area contributed by atoms with E-state index in [2.05, 4.69) is 250 Å². The van der Waals surface area contributed by atoms with E-state index in [9.17, 15) is 0 Å². The van der Waals surface area contributed by atoms with Gasteiger partial charge in [-0.15, -0.1) is 0 Å². The number of nitrogens with zero attached hydrogens (tertiary/aromatic N) is 4. The molecule has 4 fully saturated rings. The first kappa shape index (κ1) is 48.4. The van der Waals surface area contributed by atoms with Crippen LogP contribution in [0.2, 0.25) is 39.3 Å². The highest BCUT2D eigenvalue weighted by Crippen LogP contribution is 2.66. The van der Waals surface area contributed by atoms with Crippen molar-refractivity contribution in [3.8, 4) is 17.3 Å². The van der Waals surface area contributed by atoms with E-state index in [-0.39, 0.29) is 10.8 Å². The Morgan fingerprint density at radius 3 is 1.86 bits per heavy atom. The molecule has 4 bridgehead atoms. The molecule has 0 spiro atoms. The number of fused-ring (bicyclic) bond motifs is 7. The van der Waals surface area contributed by atoms with Gasteiger partial charge in [0.2, 0.25) is 0 Å². The number of hydrogen-bond acceptors (Lipinski definition) is 4. The third-order valence-electron chi connectivity index (χ3n) is 18.7. The number of ether oxygens (including phenoxy) is 1. The third-order valence-corrected chi connectivity index (χ3v) is 22.8. The molecular weight excluding hydrogens is 969 g/mol. The molecule has 2 aromatic heterocycles. The second-order valence-corrected chi connectivity index (χ2v) is 36.6. The van der Waals surface area contributed by atoms with Gasteiger partial charge in [-0.1, -0.05) is 163 Å². The van der Waals surface area contributed by atoms with E-state index in [1.54, 1.807) is 0 Å². The van der Waals surface area contributed by atoms with Gasteiger partial charge in [-0.25, -0.2) is 4.98 Å². The van der Waals surface area contributed by atoms with Gasteiger partial charge in [-0.2, -0.15) is 0 Å². The van der Waals surface area contributed by atoms with E-state index < -0.39 is 16.1 Å². The number of hydrogen-bond donors (Lipinski definition) is 0. The molecule has 5 aliphatic rings. The van der Waals surface area contributed by atoms with Crippen LogP contribution in [0.15, 0.2) is 176 Å². The fraction of sp³-hybridized carbons (Fsp3) is 0.300. The number of anilines is 4. The first-order chi connectivity index (χ1) is 37.0. The summed E-state index contributed by atoms with van der Waals surface area (Å²) in [5, 5.41) is 10.9. The van der Waals surface area contributed by atoms with E-state index in [0.29, 0.717) is 11.8 Å². The average Bonchev–Trinajstić information content (AvgIpc) is 4.06. The van der Waals surface area contributed by atoms with E-state index in [1.807, 2.05) is 0 Å². The van der Waals surface area contributed by atoms with E-state index in [4.69, 9.17) is 9.72 Å². The largest absolute Gasteiger partial charge is 0.457 e. The van der Waals surface area contributed by atoms with Crippen molar-refractivity contribution < 1.29 is 4.74 Å². The molecular formula is C70H72N4OSi2. The second kappa shape index (κ2) is 17.5. The highest BCUT2D eigenvalue weighted by Gasteiger charge is 2.59. The number of para-hydroxylation sites is 4. The lowest BCUT2D eigenvalue weighted by molar-refractivity contribution is -0.0412. The van der Waals surface area contributed by atoms with Gasteiger partial charge in [0, 0.05) is 45.9 Å². The molecule has 0 radical (unpaired) electrons. The number of aromatic nitrogens is 2. The Hall–Kier alpha value is -6.94. The van der Waals surface area contributed by atoms with Crippen LogP contribution in [0, 0.1) is 23.7 Å². The Bertz CT molecular complexity index is 3940. The average molecular weight is 1040 g/mol. The molecule has 0 amide bonds. The van der Waals surface area contributed by atoms with Gasteiger partial charge in [0.25, 0.3) is 0 Å². The molecule has 8 aromatic carbocycles. The van der Waals surface area contributed by atoms with Crippen LogP contribution < -0.4 is 24.9 Å². The molecule has 386 valence electrons. The van der Waals surface area contributed by atoms with Crippen molar-refractivity contribution in [2.75, 3.05) is 16.5 Å². The van der Waals surface area contributed by atoms with Crippen molar-refractivity contribution in [1.82, 2.24) is 9.55 Å². The van der Waals surface area contributed by atoms with Gasteiger partial charge in [0.15, 0.2) is 0 Å². The highest BCUT2D eigenvalue weighted by molar-refractivity contribution is 6.93. The zero-order valence-electron chi connectivity index (χ0n) is 46.5. The Morgan fingerprint density at radius 1 is 0.519 bits per heavy atom. The van der Waals surface area contributed by atoms with Gasteiger partial charge in [-0.05, 0) is 164 Å². The van der Waals surface area contributed by atoms with Crippen molar-refractivity contribution in [2.24, 2.45) is 23.7 Å². The molecule has 1 aliphatic heterocycles. The summed E-state index contributed by atoms with van der Waals surface area (Å²) in [6.45, 7) is 22.6. The predicted octanol–water partition coefficient (Wildman–Crippen LogP) is 17.7. The summed E-state index contributed by atoms with van der Waals surface area (Å²) in [7, 11) is -3.47. The lowest BCUT2D eigenvalue weighted by Gasteiger charge is -2.62. The zero-order chi connectivity index (χ0) is 52.8. The second-order valence-electron chi connectivity index (χ2n) is 26.6. The summed E-state index contributed by atoms with van der Waals surface area (Å²) in [4.78, 5) is 10.5. The molecule has 0 unspecified atom stereocenters. The minimum atomic E-state index is -1.74. The smallest absolute Gasteiger partial charge is 0.137 e. The molecule has 0 saturated heterocycles. The van der Waals surface area contributed by atoms with Gasteiger partial charge in [-0.3, -0.25) is 4.57 Å². The fourth-order valence-corrected chi connectivity index (χ4v) is 18.8. The Balaban J connectivity index is 0.886. The lowest BCUT2D eigenvalue weighted by Crippen LogP contribution is -2.56. The van der Waals surface area contributed by atoms with Crippen molar-refractivity contribution in [1.29, 1.82) is 0 Å². The zero-order valence-corrected chi connectivity index (χ0v) is 48.5. The van der Waals surface area contributed by atoms with E-state index >= 15 is 0 Å². The minimum Gasteiger partial charge on any atom is -0.457 e. The maximum atomic E-state index is 7.20. The highest BCUT2D eigenvalue weighted by atomic mass is 28.3. The molecule has 0 atom stereocenters. The monoisotopic (exact) mass is 1040 g/mol. The maximum Gasteiger partial charge on any atom is 0.137 e. The number of pyridine rings is 1. The normalized spacial score (nSPS) is 21.3. The summed E-state index contributed by atoms with van der Waals surface area (Å²) >= 11 is 0. The molecule has 5 nitrogen and oxygen atoms in total. The Kier molecular flexibility index (Phi) is 11.0. The summed E-state index contributed by atoms with van der Waals surface area (Å²) in [5.41, 5.74) is 11.2. The van der Waals surface area contributed by atoms with Crippen LogP contribution in [-0.2, 0) is 10.8 Å². The van der Waals surface area contributed by atoms with Crippen LogP contribution in [0.5, 0.6) is 11.5 Å². The van der Waals surface area contributed by atoms with Crippen LogP contribution in [0.25, 0.3) is 49.2 Å². The first-order valence-corrected chi connectivity index (χ1v) is 35.5. The third kappa shape index (κ3) is 7.76. The molecule has 3 heterocycles. The standard InChI is InChI=1S/C70H72N4OSi2/c1-69(2,3)49-39-52(72-44-73(63-25-15-14-24-62(63)72)68-65(76(4,5)6)26-17-27-66(68)77(7,8)9)42-54(40-49)75-53-29-31-59-58-20-12-13-23-61(58)74(64(59)43-53)67-41-48(32-33-71-67)70(50-35-45-34-46(37-50)38-51(70)36-45)60-22-16-21-56-55-19-11-10-18-47(55)28-30-57(56)60/h10-33,39-43,45-46,50-51H,34-38,44H2,1-9H3. The van der Waals surface area contributed by atoms with Crippen LogP contribution in [-0.4, -0.2) is 32.4 Å². The van der Waals surface area contributed by atoms with Crippen LogP contribution in [0.3, 0.4) is 0 Å². The topological polar surface area (TPSA) is 33.5 Å². The molecule has 10 aromatic rings. The fourth-order valence-electron chi connectivity index (χ4n) is 15.5. The van der Waals surface area contributed by atoms with Crippen LogP contribution in [0.4, 0.5) is 22.7 Å². The van der Waals surface area contributed by atoms with Gasteiger partial charge >= 0.3 is 0 Å². The lowest BCUT2D eigenvalue weighted by atomic mass is 9.42. The quantitative estimate of drug-likeness (QED) is 0.107. The molecule has 4 saturated carbocycles. The van der Waals surface area contributed by atoms with Crippen molar-refractivity contribution >= 4 is 92.6 Å². The van der Waals surface area contributed by atoms with Gasteiger partial charge < -0.3 is 14.5 Å². The molecule has 4 aliphatic carbocycles. The van der Waals surface area contributed by atoms with E-state index in [0.717, 1.165) is 52.5 Å². The summed E-state index contributed by atoms with van der Waals surface area (Å²) in [5.74, 6) is 5.44. The van der Waals surface area contributed by atoms with Crippen LogP contribution >= 0.6 is 0 Å².